The van der Waals surface area contributed by atoms with Crippen LogP contribution in [-0.2, 0) is 6.54 Å². The highest BCUT2D eigenvalue weighted by Crippen LogP contribution is 2.36. The van der Waals surface area contributed by atoms with Crippen LogP contribution in [-0.4, -0.2) is 66.1 Å². The molecule has 4 rings (SSSR count). The van der Waals surface area contributed by atoms with E-state index in [1.807, 2.05) is 12.1 Å². The Labute approximate surface area is 196 Å². The zero-order valence-electron chi connectivity index (χ0n) is 20.4. The fourth-order valence-corrected chi connectivity index (χ4v) is 3.79. The number of hydrogen-bond donors (Lipinski definition) is 2. The molecule has 1 aliphatic heterocycles. The second-order valence-electron chi connectivity index (χ2n) is 9.35. The molecule has 2 N–H and O–H groups in total. The molecule has 178 valence electrons. The van der Waals surface area contributed by atoms with Gasteiger partial charge in [0.05, 0.1) is 12.2 Å². The summed E-state index contributed by atoms with van der Waals surface area (Å²) in [5.74, 6) is 4.78. The predicted molar refractivity (Wildman–Crippen MR) is 133 cm³/mol. The Hall–Kier alpha value is -2.94. The van der Waals surface area contributed by atoms with Gasteiger partial charge >= 0.3 is 0 Å². The minimum atomic E-state index is 0.328. The van der Waals surface area contributed by atoms with E-state index in [2.05, 4.69) is 64.5 Å². The Balaban J connectivity index is 1.53. The van der Waals surface area contributed by atoms with E-state index in [0.717, 1.165) is 55.1 Å². The van der Waals surface area contributed by atoms with Crippen LogP contribution in [0.15, 0.2) is 33.3 Å². The topological polar surface area (TPSA) is 94.7 Å². The van der Waals surface area contributed by atoms with Crippen LogP contribution in [0.5, 0.6) is 0 Å². The number of piperazine rings is 1. The van der Waals surface area contributed by atoms with Crippen LogP contribution in [0, 0.1) is 5.92 Å². The summed E-state index contributed by atoms with van der Waals surface area (Å²) in [7, 11) is 3.95. The molecular formula is C24H36N8O. The molecular weight excluding hydrogens is 416 g/mol. The van der Waals surface area contributed by atoms with Crippen molar-refractivity contribution in [1.29, 1.82) is 0 Å². The summed E-state index contributed by atoms with van der Waals surface area (Å²) < 4.78 is 5.46. The SMILES string of the molecule is CN=C(/C=C(\C)C1CC1)Nc1cc(N2CCN(C)CC2)nc(NCc2cc(C(C)C)no2)n1. The van der Waals surface area contributed by atoms with Crippen LogP contribution >= 0.6 is 0 Å². The Morgan fingerprint density at radius 1 is 1.21 bits per heavy atom. The molecule has 3 heterocycles. The average Bonchev–Trinajstić information content (AvgIpc) is 3.55. The lowest BCUT2D eigenvalue weighted by Crippen LogP contribution is -2.44. The molecule has 1 saturated carbocycles. The molecule has 0 unspecified atom stereocenters. The van der Waals surface area contributed by atoms with Crippen molar-refractivity contribution >= 4 is 23.4 Å². The molecule has 0 bridgehead atoms. The smallest absolute Gasteiger partial charge is 0.227 e. The van der Waals surface area contributed by atoms with Crippen molar-refractivity contribution in [2.24, 2.45) is 10.9 Å². The van der Waals surface area contributed by atoms with Crippen molar-refractivity contribution in [2.75, 3.05) is 55.8 Å². The molecule has 0 amide bonds. The van der Waals surface area contributed by atoms with Gasteiger partial charge in [0.1, 0.15) is 17.5 Å². The van der Waals surface area contributed by atoms with Gasteiger partial charge in [0.15, 0.2) is 5.76 Å². The van der Waals surface area contributed by atoms with Gasteiger partial charge in [-0.15, -0.1) is 0 Å². The van der Waals surface area contributed by atoms with Gasteiger partial charge in [-0.05, 0) is 44.7 Å². The normalized spacial score (nSPS) is 18.2. The highest BCUT2D eigenvalue weighted by Gasteiger charge is 2.23. The largest absolute Gasteiger partial charge is 0.359 e. The molecule has 9 heteroatoms. The molecule has 2 aliphatic rings. The van der Waals surface area contributed by atoms with Gasteiger partial charge in [0, 0.05) is 45.4 Å². The summed E-state index contributed by atoms with van der Waals surface area (Å²) >= 11 is 0. The molecule has 2 aromatic rings. The first-order chi connectivity index (χ1) is 15.9. The monoisotopic (exact) mass is 452 g/mol. The number of aromatic nitrogens is 3. The van der Waals surface area contributed by atoms with Crippen LogP contribution < -0.4 is 15.5 Å². The first-order valence-electron chi connectivity index (χ1n) is 11.8. The molecule has 2 aromatic heterocycles. The lowest BCUT2D eigenvalue weighted by atomic mass is 10.1. The Kier molecular flexibility index (Phi) is 7.27. The maximum Gasteiger partial charge on any atom is 0.227 e. The minimum absolute atomic E-state index is 0.328. The van der Waals surface area contributed by atoms with Gasteiger partial charge in [-0.25, -0.2) is 0 Å². The van der Waals surface area contributed by atoms with E-state index in [0.29, 0.717) is 24.3 Å². The standard InChI is InChI=1S/C24H36N8O/c1-16(2)20-13-19(33-30-20)15-26-24-28-22(27-21(25-4)12-17(3)18-6-7-18)14-23(29-24)32-10-8-31(5)9-11-32/h12-14,16,18H,6-11,15H2,1-5H3,(H2,25,26,27,28,29)/b17-12+. The third-order valence-electron chi connectivity index (χ3n) is 6.21. The minimum Gasteiger partial charge on any atom is -0.359 e. The number of likely N-dealkylation sites (N-methyl/N-ethyl adjacent to an activating group) is 1. The van der Waals surface area contributed by atoms with Gasteiger partial charge in [0.2, 0.25) is 5.95 Å². The van der Waals surface area contributed by atoms with E-state index >= 15 is 0 Å². The maximum atomic E-state index is 5.46. The van der Waals surface area contributed by atoms with Gasteiger partial charge in [0.25, 0.3) is 0 Å². The number of nitrogens with one attached hydrogen (secondary N) is 2. The van der Waals surface area contributed by atoms with Crippen molar-refractivity contribution in [1.82, 2.24) is 20.0 Å². The van der Waals surface area contributed by atoms with E-state index in [9.17, 15) is 0 Å². The summed E-state index contributed by atoms with van der Waals surface area (Å²) in [4.78, 5) is 18.6. The first-order valence-corrected chi connectivity index (χ1v) is 11.8. The van der Waals surface area contributed by atoms with Crippen molar-refractivity contribution < 1.29 is 4.52 Å². The van der Waals surface area contributed by atoms with Crippen LogP contribution in [0.2, 0.25) is 0 Å². The van der Waals surface area contributed by atoms with Crippen molar-refractivity contribution in [3.8, 4) is 0 Å². The molecule has 2 fully saturated rings. The predicted octanol–water partition coefficient (Wildman–Crippen LogP) is 3.75. The molecule has 0 spiro atoms. The second kappa shape index (κ2) is 10.3. The zero-order chi connectivity index (χ0) is 23.4. The number of amidine groups is 1. The number of hydrogen-bond acceptors (Lipinski definition) is 8. The highest BCUT2D eigenvalue weighted by molar-refractivity contribution is 6.03. The van der Waals surface area contributed by atoms with E-state index in [1.54, 1.807) is 7.05 Å². The van der Waals surface area contributed by atoms with E-state index in [1.165, 1.54) is 18.4 Å². The number of rotatable bonds is 8. The number of nitrogens with zero attached hydrogens (tertiary/aromatic N) is 6. The van der Waals surface area contributed by atoms with Crippen LogP contribution in [0.4, 0.5) is 17.6 Å². The number of anilines is 3. The Morgan fingerprint density at radius 3 is 2.61 bits per heavy atom. The fraction of sp³-hybridized carbons (Fsp3) is 0.583. The summed E-state index contributed by atoms with van der Waals surface area (Å²) in [6.07, 6.45) is 4.67. The Bertz CT molecular complexity index is 1000. The van der Waals surface area contributed by atoms with Gasteiger partial charge in [-0.1, -0.05) is 24.6 Å². The molecule has 9 nitrogen and oxygen atoms in total. The van der Waals surface area contributed by atoms with E-state index in [-0.39, 0.29) is 0 Å². The van der Waals surface area contributed by atoms with Gasteiger partial charge < -0.3 is 25.0 Å². The van der Waals surface area contributed by atoms with Crippen LogP contribution in [0.1, 0.15) is 51.0 Å². The van der Waals surface area contributed by atoms with Crippen LogP contribution in [0.3, 0.4) is 0 Å². The molecule has 1 saturated heterocycles. The summed E-state index contributed by atoms with van der Waals surface area (Å²) in [5, 5.41) is 10.8. The van der Waals surface area contributed by atoms with Crippen LogP contribution in [0.25, 0.3) is 0 Å². The molecule has 33 heavy (non-hydrogen) atoms. The molecule has 1 aliphatic carbocycles. The third kappa shape index (κ3) is 6.31. The van der Waals surface area contributed by atoms with Crippen molar-refractivity contribution in [3.05, 3.63) is 35.2 Å². The van der Waals surface area contributed by atoms with Gasteiger partial charge in [-0.3, -0.25) is 4.99 Å². The third-order valence-corrected chi connectivity index (χ3v) is 6.21. The van der Waals surface area contributed by atoms with E-state index in [4.69, 9.17) is 14.5 Å². The molecule has 0 radical (unpaired) electrons. The lowest BCUT2D eigenvalue weighted by Gasteiger charge is -2.33. The van der Waals surface area contributed by atoms with E-state index < -0.39 is 0 Å². The van der Waals surface area contributed by atoms with Crippen molar-refractivity contribution in [3.63, 3.8) is 0 Å². The molecule has 0 aromatic carbocycles. The second-order valence-corrected chi connectivity index (χ2v) is 9.35. The zero-order valence-corrected chi connectivity index (χ0v) is 20.4. The van der Waals surface area contributed by atoms with Gasteiger partial charge in [-0.2, -0.15) is 9.97 Å². The summed E-state index contributed by atoms with van der Waals surface area (Å²) in [6, 6.07) is 3.99. The maximum absolute atomic E-state index is 5.46. The quantitative estimate of drug-likeness (QED) is 0.462. The lowest BCUT2D eigenvalue weighted by molar-refractivity contribution is 0.312. The van der Waals surface area contributed by atoms with Crippen molar-refractivity contribution in [2.45, 2.75) is 46.1 Å². The fourth-order valence-electron chi connectivity index (χ4n) is 3.79. The molecule has 0 atom stereocenters. The first kappa shape index (κ1) is 23.2. The highest BCUT2D eigenvalue weighted by atomic mass is 16.5. The average molecular weight is 453 g/mol. The number of aliphatic imine (C=N–C) groups is 1. The summed E-state index contributed by atoms with van der Waals surface area (Å²) in [5.41, 5.74) is 2.31. The summed E-state index contributed by atoms with van der Waals surface area (Å²) in [6.45, 7) is 10.7. The Morgan fingerprint density at radius 2 is 1.97 bits per heavy atom. The number of allylic oxidation sites excluding steroid dienone is 1.